The number of carbonyl (C=O) groups excluding carboxylic acids is 2. The van der Waals surface area contributed by atoms with Gasteiger partial charge in [-0.05, 0) is 18.2 Å². The Morgan fingerprint density at radius 2 is 2.30 bits per heavy atom. The van der Waals surface area contributed by atoms with Crippen LogP contribution in [0.3, 0.4) is 0 Å². The summed E-state index contributed by atoms with van der Waals surface area (Å²) in [7, 11) is 0. The van der Waals surface area contributed by atoms with Crippen molar-refractivity contribution in [3.63, 3.8) is 0 Å². The zero-order valence-corrected chi connectivity index (χ0v) is 10.6. The molecule has 0 unspecified atom stereocenters. The van der Waals surface area contributed by atoms with Gasteiger partial charge in [-0.3, -0.25) is 0 Å². The van der Waals surface area contributed by atoms with Crippen molar-refractivity contribution in [2.75, 3.05) is 13.1 Å². The van der Waals surface area contributed by atoms with Gasteiger partial charge in [0.2, 0.25) is 0 Å². The minimum Gasteiger partial charge on any atom is -0.472 e. The molecule has 0 bridgehead atoms. The van der Waals surface area contributed by atoms with Crippen LogP contribution < -0.4 is 10.6 Å². The molecule has 1 fully saturated rings. The molecule has 7 heteroatoms. The van der Waals surface area contributed by atoms with Crippen molar-refractivity contribution < 1.29 is 18.4 Å². The molecule has 4 amide bonds. The Morgan fingerprint density at radius 3 is 3.00 bits per heavy atom. The van der Waals surface area contributed by atoms with Gasteiger partial charge in [0, 0.05) is 13.1 Å². The van der Waals surface area contributed by atoms with Gasteiger partial charge < -0.3 is 19.5 Å². The molecule has 0 aliphatic carbocycles. The number of carbonyl (C=O) groups is 2. The highest BCUT2D eigenvalue weighted by molar-refractivity contribution is 5.94. The second-order valence-electron chi connectivity index (χ2n) is 4.32. The van der Waals surface area contributed by atoms with Gasteiger partial charge >= 0.3 is 12.1 Å². The Labute approximate surface area is 114 Å². The van der Waals surface area contributed by atoms with Crippen LogP contribution in [0, 0.1) is 0 Å². The van der Waals surface area contributed by atoms with Crippen LogP contribution in [0.25, 0.3) is 11.3 Å². The van der Waals surface area contributed by atoms with Crippen molar-refractivity contribution in [1.29, 1.82) is 0 Å². The Morgan fingerprint density at radius 1 is 1.40 bits per heavy atom. The van der Waals surface area contributed by atoms with Gasteiger partial charge in [0.05, 0.1) is 18.4 Å². The topological polar surface area (TPSA) is 87.7 Å². The Kier molecular flexibility index (Phi) is 3.16. The second-order valence-corrected chi connectivity index (χ2v) is 4.32. The summed E-state index contributed by atoms with van der Waals surface area (Å²) in [5.41, 5.74) is 0.835. The first-order chi connectivity index (χ1) is 9.74. The molecule has 0 spiro atoms. The monoisotopic (exact) mass is 275 g/mol. The quantitative estimate of drug-likeness (QED) is 0.893. The highest BCUT2D eigenvalue weighted by atomic mass is 16.3. The molecule has 0 atom stereocenters. The van der Waals surface area contributed by atoms with E-state index in [-0.39, 0.29) is 12.6 Å². The lowest BCUT2D eigenvalue weighted by atomic mass is 10.3. The highest BCUT2D eigenvalue weighted by Crippen LogP contribution is 2.22. The number of urea groups is 2. The summed E-state index contributed by atoms with van der Waals surface area (Å²) in [5, 5.41) is 5.20. The summed E-state index contributed by atoms with van der Waals surface area (Å²) in [4.78, 5) is 24.2. The molecule has 2 aromatic rings. The maximum Gasteiger partial charge on any atom is 0.325 e. The van der Waals surface area contributed by atoms with Crippen LogP contribution in [0.4, 0.5) is 9.59 Å². The molecule has 0 saturated carbocycles. The molecule has 1 saturated heterocycles. The number of furan rings is 2. The number of imide groups is 1. The molecule has 0 radical (unpaired) electrons. The third-order valence-electron chi connectivity index (χ3n) is 2.98. The number of rotatable bonds is 3. The molecule has 1 aliphatic heterocycles. The minimum absolute atomic E-state index is 0.223. The normalized spacial score (nSPS) is 14.4. The smallest absolute Gasteiger partial charge is 0.325 e. The molecule has 20 heavy (non-hydrogen) atoms. The fraction of sp³-hybridized carbons (Fsp3) is 0.231. The van der Waals surface area contributed by atoms with Crippen molar-refractivity contribution in [3.05, 3.63) is 36.5 Å². The summed E-state index contributed by atoms with van der Waals surface area (Å²) in [5.74, 6) is 1.27. The van der Waals surface area contributed by atoms with Crippen LogP contribution in [0.1, 0.15) is 5.76 Å². The van der Waals surface area contributed by atoms with Gasteiger partial charge in [-0.1, -0.05) is 0 Å². The molecule has 3 rings (SSSR count). The molecular weight excluding hydrogens is 262 g/mol. The van der Waals surface area contributed by atoms with E-state index in [1.165, 1.54) is 0 Å². The third kappa shape index (κ3) is 2.37. The van der Waals surface area contributed by atoms with E-state index in [0.29, 0.717) is 24.6 Å². The maximum absolute atomic E-state index is 11.8. The van der Waals surface area contributed by atoms with Crippen LogP contribution in [0.2, 0.25) is 0 Å². The first-order valence-corrected chi connectivity index (χ1v) is 6.18. The lowest BCUT2D eigenvalue weighted by Crippen LogP contribution is -2.41. The van der Waals surface area contributed by atoms with Crippen molar-refractivity contribution in [2.45, 2.75) is 6.54 Å². The van der Waals surface area contributed by atoms with Crippen molar-refractivity contribution >= 4 is 12.1 Å². The SMILES string of the molecule is O=C1NCCN1C(=O)NCc1ccc(-c2ccoc2)o1. The fourth-order valence-corrected chi connectivity index (χ4v) is 1.96. The van der Waals surface area contributed by atoms with Gasteiger partial charge in [0.15, 0.2) is 0 Å². The van der Waals surface area contributed by atoms with E-state index < -0.39 is 6.03 Å². The molecule has 0 aromatic carbocycles. The Bertz CT molecular complexity index is 617. The number of hydrogen-bond donors (Lipinski definition) is 2. The minimum atomic E-state index is -0.429. The molecule has 104 valence electrons. The lowest BCUT2D eigenvalue weighted by molar-refractivity contribution is 0.198. The first-order valence-electron chi connectivity index (χ1n) is 6.18. The van der Waals surface area contributed by atoms with Crippen molar-refractivity contribution in [3.8, 4) is 11.3 Å². The summed E-state index contributed by atoms with van der Waals surface area (Å²) in [6.45, 7) is 1.08. The van der Waals surface area contributed by atoms with Gasteiger partial charge in [-0.25, -0.2) is 14.5 Å². The van der Waals surface area contributed by atoms with Crippen LogP contribution in [-0.4, -0.2) is 30.1 Å². The summed E-state index contributed by atoms with van der Waals surface area (Å²) in [6.07, 6.45) is 3.14. The van der Waals surface area contributed by atoms with Gasteiger partial charge in [-0.2, -0.15) is 0 Å². The maximum atomic E-state index is 11.8. The van der Waals surface area contributed by atoms with E-state index in [1.54, 1.807) is 30.7 Å². The van der Waals surface area contributed by atoms with E-state index in [2.05, 4.69) is 10.6 Å². The predicted molar refractivity (Wildman–Crippen MR) is 68.8 cm³/mol. The average molecular weight is 275 g/mol. The summed E-state index contributed by atoms with van der Waals surface area (Å²) >= 11 is 0. The van der Waals surface area contributed by atoms with E-state index >= 15 is 0 Å². The fourth-order valence-electron chi connectivity index (χ4n) is 1.96. The van der Waals surface area contributed by atoms with E-state index in [4.69, 9.17) is 8.83 Å². The molecule has 7 nitrogen and oxygen atoms in total. The summed E-state index contributed by atoms with van der Waals surface area (Å²) < 4.78 is 10.5. The van der Waals surface area contributed by atoms with Crippen LogP contribution in [-0.2, 0) is 6.54 Å². The number of hydrogen-bond acceptors (Lipinski definition) is 4. The van der Waals surface area contributed by atoms with E-state index in [1.807, 2.05) is 0 Å². The van der Waals surface area contributed by atoms with Crippen LogP contribution in [0.5, 0.6) is 0 Å². The standard InChI is InChI=1S/C13H13N3O4/c17-12-14-4-5-16(12)13(18)15-7-10-1-2-11(20-10)9-3-6-19-8-9/h1-3,6,8H,4-5,7H2,(H,14,17)(H,15,18). The molecule has 2 aromatic heterocycles. The third-order valence-corrected chi connectivity index (χ3v) is 2.98. The molecule has 3 heterocycles. The lowest BCUT2D eigenvalue weighted by Gasteiger charge is -2.12. The van der Waals surface area contributed by atoms with Gasteiger partial charge in [0.25, 0.3) is 0 Å². The summed E-state index contributed by atoms with van der Waals surface area (Å²) in [6, 6.07) is 4.56. The van der Waals surface area contributed by atoms with Crippen LogP contribution in [0.15, 0.2) is 39.6 Å². The second kappa shape index (κ2) is 5.12. The van der Waals surface area contributed by atoms with Crippen LogP contribution >= 0.6 is 0 Å². The number of nitrogens with zero attached hydrogens (tertiary/aromatic N) is 1. The van der Waals surface area contributed by atoms with E-state index in [9.17, 15) is 9.59 Å². The van der Waals surface area contributed by atoms with E-state index in [0.717, 1.165) is 10.5 Å². The number of nitrogens with one attached hydrogen (secondary N) is 2. The average Bonchev–Trinajstić information content (AvgIpc) is 3.16. The van der Waals surface area contributed by atoms with Crippen molar-refractivity contribution in [2.24, 2.45) is 0 Å². The predicted octanol–water partition coefficient (Wildman–Crippen LogP) is 1.77. The molecule has 1 aliphatic rings. The first kappa shape index (κ1) is 12.3. The van der Waals surface area contributed by atoms with Gasteiger partial charge in [0.1, 0.15) is 17.8 Å². The van der Waals surface area contributed by atoms with Gasteiger partial charge in [-0.15, -0.1) is 0 Å². The Balaban J connectivity index is 1.59. The number of amides is 4. The zero-order chi connectivity index (χ0) is 13.9. The molecule has 2 N–H and O–H groups in total. The largest absolute Gasteiger partial charge is 0.472 e. The van der Waals surface area contributed by atoms with Crippen molar-refractivity contribution in [1.82, 2.24) is 15.5 Å². The Hall–Kier alpha value is -2.70. The zero-order valence-electron chi connectivity index (χ0n) is 10.6. The molecular formula is C13H13N3O4. The highest BCUT2D eigenvalue weighted by Gasteiger charge is 2.25.